The van der Waals surface area contributed by atoms with Gasteiger partial charge in [0.05, 0.1) is 18.5 Å². The van der Waals surface area contributed by atoms with E-state index in [1.165, 1.54) is 6.07 Å². The maximum absolute atomic E-state index is 10.7. The largest absolute Gasteiger partial charge is 0.475 e. The van der Waals surface area contributed by atoms with E-state index in [0.29, 0.717) is 12.2 Å². The summed E-state index contributed by atoms with van der Waals surface area (Å²) < 4.78 is 5.23. The molecule has 0 aliphatic rings. The minimum absolute atomic E-state index is 0.0619. The molecule has 0 bridgehead atoms. The molecule has 2 unspecified atom stereocenters. The van der Waals surface area contributed by atoms with Crippen LogP contribution in [-0.2, 0) is 0 Å². The van der Waals surface area contributed by atoms with Crippen LogP contribution < -0.4 is 0 Å². The van der Waals surface area contributed by atoms with Crippen molar-refractivity contribution in [3.8, 4) is 6.07 Å². The second-order valence-electron chi connectivity index (χ2n) is 4.06. The maximum Gasteiger partial charge on any atom is 0.371 e. The van der Waals surface area contributed by atoms with Crippen LogP contribution in [0.25, 0.3) is 0 Å². The summed E-state index contributed by atoms with van der Waals surface area (Å²) in [5.41, 5.74) is 0. The third kappa shape index (κ3) is 3.08. The molecule has 5 nitrogen and oxygen atoms in total. The molecule has 1 heterocycles. The van der Waals surface area contributed by atoms with Gasteiger partial charge in [-0.05, 0) is 33.0 Å². The lowest BCUT2D eigenvalue weighted by Crippen LogP contribution is -2.31. The highest BCUT2D eigenvalue weighted by Gasteiger charge is 2.21. The van der Waals surface area contributed by atoms with Crippen molar-refractivity contribution in [2.45, 2.75) is 32.4 Å². The second kappa shape index (κ2) is 5.51. The van der Waals surface area contributed by atoms with E-state index in [1.54, 1.807) is 6.07 Å². The van der Waals surface area contributed by atoms with Crippen LogP contribution >= 0.6 is 0 Å². The Bertz CT molecular complexity index is 433. The number of nitrogens with zero attached hydrogens (tertiary/aromatic N) is 2. The number of rotatable bonds is 5. The first-order valence-corrected chi connectivity index (χ1v) is 5.39. The van der Waals surface area contributed by atoms with Crippen molar-refractivity contribution in [1.82, 2.24) is 4.90 Å². The molecule has 0 amide bonds. The zero-order chi connectivity index (χ0) is 13.0. The summed E-state index contributed by atoms with van der Waals surface area (Å²) in [6.45, 7) is 3.86. The third-order valence-electron chi connectivity index (χ3n) is 2.94. The monoisotopic (exact) mass is 236 g/mol. The van der Waals surface area contributed by atoms with Crippen molar-refractivity contribution in [3.63, 3.8) is 0 Å². The number of furan rings is 1. The molecular weight excluding hydrogens is 220 g/mol. The van der Waals surface area contributed by atoms with Crippen molar-refractivity contribution in [2.75, 3.05) is 7.05 Å². The molecule has 17 heavy (non-hydrogen) atoms. The predicted molar refractivity (Wildman–Crippen MR) is 61.5 cm³/mol. The molecule has 1 aromatic heterocycles. The van der Waals surface area contributed by atoms with Crippen LogP contribution in [0.1, 0.15) is 42.6 Å². The molecule has 0 aromatic carbocycles. The van der Waals surface area contributed by atoms with Crippen LogP contribution in [0.2, 0.25) is 0 Å². The SMILES string of the molecule is CC(CC#N)N(C)C(C)c1ccc(C(=O)O)o1. The Hall–Kier alpha value is -1.80. The van der Waals surface area contributed by atoms with Crippen molar-refractivity contribution in [2.24, 2.45) is 0 Å². The quantitative estimate of drug-likeness (QED) is 0.848. The summed E-state index contributed by atoms with van der Waals surface area (Å²) in [6, 6.07) is 5.24. The number of hydrogen-bond acceptors (Lipinski definition) is 4. The Morgan fingerprint density at radius 2 is 2.24 bits per heavy atom. The van der Waals surface area contributed by atoms with E-state index < -0.39 is 5.97 Å². The lowest BCUT2D eigenvalue weighted by molar-refractivity contribution is 0.0655. The summed E-state index contributed by atoms with van der Waals surface area (Å²) in [5, 5.41) is 17.4. The van der Waals surface area contributed by atoms with Crippen LogP contribution in [0.4, 0.5) is 0 Å². The van der Waals surface area contributed by atoms with E-state index in [1.807, 2.05) is 25.8 Å². The topological polar surface area (TPSA) is 77.5 Å². The molecule has 0 fully saturated rings. The molecule has 5 heteroatoms. The number of aromatic carboxylic acids is 1. The lowest BCUT2D eigenvalue weighted by atomic mass is 10.1. The van der Waals surface area contributed by atoms with Crippen LogP contribution in [0.5, 0.6) is 0 Å². The molecular formula is C12H16N2O3. The second-order valence-corrected chi connectivity index (χ2v) is 4.06. The highest BCUT2D eigenvalue weighted by atomic mass is 16.4. The van der Waals surface area contributed by atoms with Crippen molar-refractivity contribution < 1.29 is 14.3 Å². The van der Waals surface area contributed by atoms with E-state index in [2.05, 4.69) is 6.07 Å². The fourth-order valence-corrected chi connectivity index (χ4v) is 1.55. The summed E-state index contributed by atoms with van der Waals surface area (Å²) >= 11 is 0. The van der Waals surface area contributed by atoms with Crippen molar-refractivity contribution in [3.05, 3.63) is 23.7 Å². The van der Waals surface area contributed by atoms with Gasteiger partial charge in [-0.2, -0.15) is 5.26 Å². The van der Waals surface area contributed by atoms with E-state index in [4.69, 9.17) is 14.8 Å². The van der Waals surface area contributed by atoms with Gasteiger partial charge in [0.1, 0.15) is 5.76 Å². The standard InChI is InChI=1S/C12H16N2O3/c1-8(6-7-13)14(3)9(2)10-4-5-11(17-10)12(15)16/h4-5,8-9H,6H2,1-3H3,(H,15,16). The van der Waals surface area contributed by atoms with Crippen LogP contribution in [-0.4, -0.2) is 29.1 Å². The molecule has 1 aromatic rings. The molecule has 1 N–H and O–H groups in total. The maximum atomic E-state index is 10.7. The highest BCUT2D eigenvalue weighted by Crippen LogP contribution is 2.23. The smallest absolute Gasteiger partial charge is 0.371 e. The molecule has 92 valence electrons. The Kier molecular flexibility index (Phi) is 4.30. The van der Waals surface area contributed by atoms with Crippen molar-refractivity contribution >= 4 is 5.97 Å². The fourth-order valence-electron chi connectivity index (χ4n) is 1.55. The van der Waals surface area contributed by atoms with Crippen LogP contribution in [0.3, 0.4) is 0 Å². The molecule has 0 aliphatic carbocycles. The summed E-state index contributed by atoms with van der Waals surface area (Å²) in [6.07, 6.45) is 0.424. The average Bonchev–Trinajstić information content (AvgIpc) is 2.76. The average molecular weight is 236 g/mol. The number of hydrogen-bond donors (Lipinski definition) is 1. The van der Waals surface area contributed by atoms with Gasteiger partial charge < -0.3 is 9.52 Å². The van der Waals surface area contributed by atoms with E-state index in [9.17, 15) is 4.79 Å². The van der Waals surface area contributed by atoms with Gasteiger partial charge in [0.15, 0.2) is 0 Å². The zero-order valence-corrected chi connectivity index (χ0v) is 10.2. The first kappa shape index (κ1) is 13.3. The molecule has 2 atom stereocenters. The van der Waals surface area contributed by atoms with Gasteiger partial charge in [-0.15, -0.1) is 0 Å². The Balaban J connectivity index is 2.78. The molecule has 1 rings (SSSR count). The number of carbonyl (C=O) groups is 1. The summed E-state index contributed by atoms with van der Waals surface area (Å²) in [4.78, 5) is 12.7. The lowest BCUT2D eigenvalue weighted by Gasteiger charge is -2.27. The minimum atomic E-state index is -1.07. The third-order valence-corrected chi connectivity index (χ3v) is 2.94. The van der Waals surface area contributed by atoms with Crippen LogP contribution in [0.15, 0.2) is 16.5 Å². The van der Waals surface area contributed by atoms with Gasteiger partial charge in [0.2, 0.25) is 5.76 Å². The van der Waals surface area contributed by atoms with Gasteiger partial charge in [-0.1, -0.05) is 0 Å². The van der Waals surface area contributed by atoms with E-state index in [0.717, 1.165) is 0 Å². The highest BCUT2D eigenvalue weighted by molar-refractivity contribution is 5.84. The van der Waals surface area contributed by atoms with Gasteiger partial charge in [0.25, 0.3) is 0 Å². The Morgan fingerprint density at radius 3 is 2.71 bits per heavy atom. The van der Waals surface area contributed by atoms with Gasteiger partial charge >= 0.3 is 5.97 Å². The summed E-state index contributed by atoms with van der Waals surface area (Å²) in [5.74, 6) is -0.543. The van der Waals surface area contributed by atoms with E-state index >= 15 is 0 Å². The molecule has 0 radical (unpaired) electrons. The van der Waals surface area contributed by atoms with Crippen molar-refractivity contribution in [1.29, 1.82) is 5.26 Å². The first-order valence-electron chi connectivity index (χ1n) is 5.39. The zero-order valence-electron chi connectivity index (χ0n) is 10.2. The van der Waals surface area contributed by atoms with Crippen LogP contribution in [0, 0.1) is 11.3 Å². The molecule has 0 saturated carbocycles. The summed E-state index contributed by atoms with van der Waals surface area (Å²) in [7, 11) is 1.88. The Labute approximate surface area is 100 Å². The normalized spacial score (nSPS) is 14.3. The van der Waals surface area contributed by atoms with Gasteiger partial charge in [-0.25, -0.2) is 4.79 Å². The Morgan fingerprint density at radius 1 is 1.59 bits per heavy atom. The number of carboxylic acids is 1. The number of nitriles is 1. The molecule has 0 aliphatic heterocycles. The first-order chi connectivity index (χ1) is 7.97. The van der Waals surface area contributed by atoms with E-state index in [-0.39, 0.29) is 17.8 Å². The van der Waals surface area contributed by atoms with Gasteiger partial charge in [0, 0.05) is 6.04 Å². The molecule has 0 saturated heterocycles. The number of carboxylic acid groups (broad SMARTS) is 1. The van der Waals surface area contributed by atoms with Gasteiger partial charge in [-0.3, -0.25) is 4.90 Å². The fraction of sp³-hybridized carbons (Fsp3) is 0.500. The molecule has 0 spiro atoms. The predicted octanol–water partition coefficient (Wildman–Crippen LogP) is 2.27. The minimum Gasteiger partial charge on any atom is -0.475 e.